The second-order valence-corrected chi connectivity index (χ2v) is 8.60. The molecule has 1 nitrogen and oxygen atoms in total. The van der Waals surface area contributed by atoms with E-state index in [1.165, 1.54) is 50.5 Å². The molecule has 2 saturated carbocycles. The van der Waals surface area contributed by atoms with Gasteiger partial charge in [-0.25, -0.2) is 0 Å². The predicted octanol–water partition coefficient (Wildman–Crippen LogP) is 5.26. The molecular weight excluding hydrogens is 256 g/mol. The fraction of sp³-hybridized carbons (Fsp3) is 0.800. The topological polar surface area (TPSA) is 20.2 Å². The molecule has 4 unspecified atom stereocenters. The number of fused-ring (bicyclic) bond motifs is 3. The zero-order chi connectivity index (χ0) is 15.3. The van der Waals surface area contributed by atoms with Gasteiger partial charge in [-0.2, -0.15) is 0 Å². The number of aliphatic hydroxyl groups excluding tert-OH is 1. The van der Waals surface area contributed by atoms with Gasteiger partial charge in [0.1, 0.15) is 0 Å². The minimum absolute atomic E-state index is 0.162. The fourth-order valence-corrected chi connectivity index (χ4v) is 5.89. The van der Waals surface area contributed by atoms with E-state index in [0.717, 1.165) is 5.92 Å². The summed E-state index contributed by atoms with van der Waals surface area (Å²) in [5.74, 6) is 1.48. The SMILES string of the molecule is CC(C)=C1C=C2CCC3C(C)(CO)CCCC3(C)C2CC1. The van der Waals surface area contributed by atoms with Gasteiger partial charge in [-0.3, -0.25) is 0 Å². The smallest absolute Gasteiger partial charge is 0.0487 e. The monoisotopic (exact) mass is 288 g/mol. The average molecular weight is 288 g/mol. The molecule has 0 saturated heterocycles. The largest absolute Gasteiger partial charge is 0.396 e. The molecule has 0 aromatic rings. The summed E-state index contributed by atoms with van der Waals surface area (Å²) in [7, 11) is 0. The third-order valence-corrected chi connectivity index (χ3v) is 7.13. The van der Waals surface area contributed by atoms with Crippen molar-refractivity contribution in [3.63, 3.8) is 0 Å². The quantitative estimate of drug-likeness (QED) is 0.698. The van der Waals surface area contributed by atoms with Crippen LogP contribution >= 0.6 is 0 Å². The van der Waals surface area contributed by atoms with Crippen LogP contribution in [0.15, 0.2) is 22.8 Å². The molecule has 3 rings (SSSR count). The van der Waals surface area contributed by atoms with E-state index < -0.39 is 0 Å². The Hall–Kier alpha value is -0.560. The molecule has 0 aromatic carbocycles. The van der Waals surface area contributed by atoms with Crippen LogP contribution in [0.25, 0.3) is 0 Å². The van der Waals surface area contributed by atoms with Crippen molar-refractivity contribution in [1.82, 2.24) is 0 Å². The molecule has 0 bridgehead atoms. The summed E-state index contributed by atoms with van der Waals surface area (Å²) in [5, 5.41) is 9.99. The Labute approximate surface area is 130 Å². The maximum Gasteiger partial charge on any atom is 0.0487 e. The van der Waals surface area contributed by atoms with Crippen LogP contribution in [-0.4, -0.2) is 11.7 Å². The average Bonchev–Trinajstić information content (AvgIpc) is 2.46. The molecular formula is C20H32O. The lowest BCUT2D eigenvalue weighted by molar-refractivity contribution is -0.0867. The molecule has 0 amide bonds. The van der Waals surface area contributed by atoms with Crippen LogP contribution in [0.5, 0.6) is 0 Å². The van der Waals surface area contributed by atoms with Crippen molar-refractivity contribution in [3.05, 3.63) is 22.8 Å². The van der Waals surface area contributed by atoms with Crippen LogP contribution in [0.4, 0.5) is 0 Å². The summed E-state index contributed by atoms with van der Waals surface area (Å²) < 4.78 is 0. The van der Waals surface area contributed by atoms with Gasteiger partial charge < -0.3 is 5.11 Å². The maximum absolute atomic E-state index is 9.99. The van der Waals surface area contributed by atoms with Gasteiger partial charge in [0.05, 0.1) is 0 Å². The van der Waals surface area contributed by atoms with E-state index in [9.17, 15) is 5.11 Å². The van der Waals surface area contributed by atoms with E-state index in [0.29, 0.717) is 17.9 Å². The number of aliphatic hydroxyl groups is 1. The van der Waals surface area contributed by atoms with Crippen LogP contribution in [0, 0.1) is 22.7 Å². The van der Waals surface area contributed by atoms with E-state index in [1.807, 2.05) is 0 Å². The summed E-state index contributed by atoms with van der Waals surface area (Å²) in [6.45, 7) is 9.76. The molecule has 0 heterocycles. The first-order valence-corrected chi connectivity index (χ1v) is 8.88. The van der Waals surface area contributed by atoms with Crippen LogP contribution in [-0.2, 0) is 0 Å². The summed E-state index contributed by atoms with van der Waals surface area (Å²) in [4.78, 5) is 0. The van der Waals surface area contributed by atoms with Crippen LogP contribution in [0.1, 0.15) is 72.6 Å². The van der Waals surface area contributed by atoms with Gasteiger partial charge in [0.2, 0.25) is 0 Å². The zero-order valence-corrected chi connectivity index (χ0v) is 14.3. The van der Waals surface area contributed by atoms with Crippen molar-refractivity contribution in [2.75, 3.05) is 6.61 Å². The van der Waals surface area contributed by atoms with Crippen LogP contribution in [0.2, 0.25) is 0 Å². The number of hydrogen-bond acceptors (Lipinski definition) is 1. The highest BCUT2D eigenvalue weighted by molar-refractivity contribution is 5.34. The maximum atomic E-state index is 9.99. The Morgan fingerprint density at radius 2 is 1.95 bits per heavy atom. The second-order valence-electron chi connectivity index (χ2n) is 8.60. The Bertz CT molecular complexity index is 482. The van der Waals surface area contributed by atoms with Crippen molar-refractivity contribution in [2.45, 2.75) is 72.6 Å². The van der Waals surface area contributed by atoms with E-state index in [-0.39, 0.29) is 5.41 Å². The lowest BCUT2D eigenvalue weighted by Crippen LogP contribution is -2.52. The van der Waals surface area contributed by atoms with Crippen LogP contribution < -0.4 is 0 Å². The standard InChI is InChI=1S/C20H32O/c1-14(2)15-6-8-17-16(12-15)7-9-18-19(3,13-21)10-5-11-20(17,18)4/h12,17-18,21H,5-11,13H2,1-4H3. The Morgan fingerprint density at radius 1 is 1.19 bits per heavy atom. The lowest BCUT2D eigenvalue weighted by Gasteiger charge is -2.59. The summed E-state index contributed by atoms with van der Waals surface area (Å²) in [6, 6.07) is 0. The fourth-order valence-electron chi connectivity index (χ4n) is 5.89. The lowest BCUT2D eigenvalue weighted by atomic mass is 9.46. The van der Waals surface area contributed by atoms with Gasteiger partial charge in [-0.05, 0) is 80.6 Å². The van der Waals surface area contributed by atoms with Crippen molar-refractivity contribution < 1.29 is 5.11 Å². The molecule has 3 aliphatic rings. The van der Waals surface area contributed by atoms with E-state index in [2.05, 4.69) is 33.8 Å². The first kappa shape index (κ1) is 15.3. The van der Waals surface area contributed by atoms with Crippen molar-refractivity contribution in [1.29, 1.82) is 0 Å². The highest BCUT2D eigenvalue weighted by atomic mass is 16.3. The Kier molecular flexibility index (Phi) is 3.84. The number of hydrogen-bond donors (Lipinski definition) is 1. The van der Waals surface area contributed by atoms with E-state index in [4.69, 9.17) is 0 Å². The molecule has 0 spiro atoms. The first-order valence-electron chi connectivity index (χ1n) is 8.88. The molecule has 2 fully saturated rings. The summed E-state index contributed by atoms with van der Waals surface area (Å²) >= 11 is 0. The van der Waals surface area contributed by atoms with Crippen molar-refractivity contribution >= 4 is 0 Å². The molecule has 1 N–H and O–H groups in total. The van der Waals surface area contributed by atoms with Crippen LogP contribution in [0.3, 0.4) is 0 Å². The van der Waals surface area contributed by atoms with E-state index >= 15 is 0 Å². The third-order valence-electron chi connectivity index (χ3n) is 7.13. The van der Waals surface area contributed by atoms with Gasteiger partial charge in [0.25, 0.3) is 0 Å². The molecule has 21 heavy (non-hydrogen) atoms. The van der Waals surface area contributed by atoms with Gasteiger partial charge >= 0.3 is 0 Å². The summed E-state index contributed by atoms with van der Waals surface area (Å²) in [5.41, 5.74) is 5.39. The molecule has 0 aliphatic heterocycles. The van der Waals surface area contributed by atoms with Crippen molar-refractivity contribution in [2.24, 2.45) is 22.7 Å². The zero-order valence-electron chi connectivity index (χ0n) is 14.3. The number of rotatable bonds is 1. The first-order chi connectivity index (χ1) is 9.90. The Balaban J connectivity index is 1.96. The minimum atomic E-state index is 0.162. The normalized spacial score (nSPS) is 42.9. The van der Waals surface area contributed by atoms with Gasteiger partial charge in [-0.15, -0.1) is 0 Å². The number of allylic oxidation sites excluding steroid dienone is 4. The highest BCUT2D eigenvalue weighted by Crippen LogP contribution is 2.63. The minimum Gasteiger partial charge on any atom is -0.396 e. The highest BCUT2D eigenvalue weighted by Gasteiger charge is 2.54. The molecule has 1 heteroatoms. The van der Waals surface area contributed by atoms with E-state index in [1.54, 1.807) is 11.1 Å². The van der Waals surface area contributed by atoms with Crippen molar-refractivity contribution in [3.8, 4) is 0 Å². The van der Waals surface area contributed by atoms with Gasteiger partial charge in [0.15, 0.2) is 0 Å². The molecule has 3 aliphatic carbocycles. The molecule has 0 aromatic heterocycles. The van der Waals surface area contributed by atoms with Gasteiger partial charge in [-0.1, -0.05) is 37.5 Å². The Morgan fingerprint density at radius 3 is 2.62 bits per heavy atom. The predicted molar refractivity (Wildman–Crippen MR) is 89.1 cm³/mol. The molecule has 118 valence electrons. The second kappa shape index (κ2) is 5.26. The molecule has 4 atom stereocenters. The van der Waals surface area contributed by atoms with Gasteiger partial charge in [0, 0.05) is 6.61 Å². The summed E-state index contributed by atoms with van der Waals surface area (Å²) in [6.07, 6.45) is 11.5. The molecule has 0 radical (unpaired) electrons. The third kappa shape index (κ3) is 2.32.